The number of carbonyl (C=O) groups excluding carboxylic acids is 2. The van der Waals surface area contributed by atoms with Crippen LogP contribution >= 0.6 is 0 Å². The first-order valence-corrected chi connectivity index (χ1v) is 11.2. The second-order valence-electron chi connectivity index (χ2n) is 8.87. The molecule has 6 heteroatoms. The molecule has 158 valence electrons. The number of likely N-dealkylation sites (tertiary alicyclic amines) is 1. The number of hydrogen-bond acceptors (Lipinski definition) is 4. The zero-order valence-electron chi connectivity index (χ0n) is 17.3. The molecular formula is C23H33N3O3. The first-order chi connectivity index (χ1) is 14.1. The van der Waals surface area contributed by atoms with E-state index in [1.54, 1.807) is 12.1 Å². The molecule has 1 aliphatic carbocycles. The molecule has 0 aromatic heterocycles. The second-order valence-corrected chi connectivity index (χ2v) is 8.87. The molecule has 2 amide bonds. The molecule has 1 saturated carbocycles. The lowest BCUT2D eigenvalue weighted by Gasteiger charge is -2.40. The normalized spacial score (nSPS) is 24.1. The smallest absolute Gasteiger partial charge is 0.227 e. The SMILES string of the molecule is O=C1CCC(C(=O)N2CCN(c3ccc(O)cc3)CC2)CN1CC1CCCCC1. The summed E-state index contributed by atoms with van der Waals surface area (Å²) in [5, 5.41) is 9.46. The predicted octanol–water partition coefficient (Wildman–Crippen LogP) is 2.86. The van der Waals surface area contributed by atoms with Gasteiger partial charge in [-0.05, 0) is 49.4 Å². The van der Waals surface area contributed by atoms with Crippen molar-refractivity contribution in [2.45, 2.75) is 44.9 Å². The van der Waals surface area contributed by atoms with Crippen molar-refractivity contribution < 1.29 is 14.7 Å². The van der Waals surface area contributed by atoms with Gasteiger partial charge in [-0.2, -0.15) is 0 Å². The van der Waals surface area contributed by atoms with E-state index in [1.165, 1.54) is 32.1 Å². The molecule has 0 spiro atoms. The van der Waals surface area contributed by atoms with Gasteiger partial charge in [0.05, 0.1) is 5.92 Å². The minimum atomic E-state index is -0.0449. The Labute approximate surface area is 173 Å². The number of aromatic hydroxyl groups is 1. The molecule has 2 saturated heterocycles. The molecule has 1 aromatic rings. The van der Waals surface area contributed by atoms with Crippen LogP contribution in [0.1, 0.15) is 44.9 Å². The van der Waals surface area contributed by atoms with Crippen molar-refractivity contribution >= 4 is 17.5 Å². The van der Waals surface area contributed by atoms with E-state index in [9.17, 15) is 14.7 Å². The molecular weight excluding hydrogens is 366 g/mol. The maximum Gasteiger partial charge on any atom is 0.227 e. The molecule has 0 radical (unpaired) electrons. The highest BCUT2D eigenvalue weighted by atomic mass is 16.3. The topological polar surface area (TPSA) is 64.1 Å². The largest absolute Gasteiger partial charge is 0.508 e. The fraction of sp³-hybridized carbons (Fsp3) is 0.652. The van der Waals surface area contributed by atoms with Crippen molar-refractivity contribution in [2.24, 2.45) is 11.8 Å². The number of rotatable bonds is 4. The van der Waals surface area contributed by atoms with Crippen LogP contribution in [-0.2, 0) is 9.59 Å². The second kappa shape index (κ2) is 9.06. The molecule has 2 heterocycles. The Hall–Kier alpha value is -2.24. The van der Waals surface area contributed by atoms with Gasteiger partial charge in [0.2, 0.25) is 11.8 Å². The van der Waals surface area contributed by atoms with Gasteiger partial charge in [-0.1, -0.05) is 19.3 Å². The number of anilines is 1. The quantitative estimate of drug-likeness (QED) is 0.846. The Kier molecular flexibility index (Phi) is 6.26. The van der Waals surface area contributed by atoms with Gasteiger partial charge in [-0.25, -0.2) is 0 Å². The Morgan fingerprint density at radius 3 is 2.34 bits per heavy atom. The summed E-state index contributed by atoms with van der Waals surface area (Å²) >= 11 is 0. The maximum atomic E-state index is 13.1. The van der Waals surface area contributed by atoms with E-state index in [1.807, 2.05) is 21.9 Å². The molecule has 6 nitrogen and oxygen atoms in total. The number of piperidine rings is 1. The molecule has 1 atom stereocenters. The van der Waals surface area contributed by atoms with Gasteiger partial charge in [0, 0.05) is 51.4 Å². The van der Waals surface area contributed by atoms with E-state index in [0.29, 0.717) is 38.4 Å². The lowest BCUT2D eigenvalue weighted by molar-refractivity contribution is -0.143. The van der Waals surface area contributed by atoms with Crippen LogP contribution in [0.5, 0.6) is 5.75 Å². The Bertz CT molecular complexity index is 707. The van der Waals surface area contributed by atoms with E-state index in [-0.39, 0.29) is 23.5 Å². The number of benzene rings is 1. The van der Waals surface area contributed by atoms with Crippen molar-refractivity contribution in [3.05, 3.63) is 24.3 Å². The molecule has 1 unspecified atom stereocenters. The van der Waals surface area contributed by atoms with Crippen LogP contribution in [0.15, 0.2) is 24.3 Å². The van der Waals surface area contributed by atoms with Crippen molar-refractivity contribution in [2.75, 3.05) is 44.2 Å². The summed E-state index contributed by atoms with van der Waals surface area (Å²) in [5.74, 6) is 1.30. The van der Waals surface area contributed by atoms with Gasteiger partial charge in [-0.15, -0.1) is 0 Å². The van der Waals surface area contributed by atoms with Crippen LogP contribution in [0.2, 0.25) is 0 Å². The zero-order valence-corrected chi connectivity index (χ0v) is 17.3. The minimum absolute atomic E-state index is 0.0449. The van der Waals surface area contributed by atoms with Crippen LogP contribution in [0.4, 0.5) is 5.69 Å². The summed E-state index contributed by atoms with van der Waals surface area (Å²) in [4.78, 5) is 31.8. The van der Waals surface area contributed by atoms with Gasteiger partial charge in [0.15, 0.2) is 0 Å². The van der Waals surface area contributed by atoms with Crippen molar-refractivity contribution in [1.29, 1.82) is 0 Å². The van der Waals surface area contributed by atoms with Crippen molar-refractivity contribution in [1.82, 2.24) is 9.80 Å². The third kappa shape index (κ3) is 4.85. The molecule has 1 N–H and O–H groups in total. The van der Waals surface area contributed by atoms with Crippen molar-refractivity contribution in [3.8, 4) is 5.75 Å². The van der Waals surface area contributed by atoms with Crippen LogP contribution in [-0.4, -0.2) is 66.0 Å². The number of amides is 2. The molecule has 3 aliphatic rings. The van der Waals surface area contributed by atoms with Gasteiger partial charge in [0.1, 0.15) is 5.75 Å². The first kappa shape index (κ1) is 20.0. The maximum absolute atomic E-state index is 13.1. The van der Waals surface area contributed by atoms with Crippen LogP contribution in [0.25, 0.3) is 0 Å². The highest BCUT2D eigenvalue weighted by molar-refractivity contribution is 5.84. The van der Waals surface area contributed by atoms with Gasteiger partial charge in [0.25, 0.3) is 0 Å². The summed E-state index contributed by atoms with van der Waals surface area (Å²) in [5.41, 5.74) is 1.08. The van der Waals surface area contributed by atoms with E-state index in [2.05, 4.69) is 4.90 Å². The number of phenols is 1. The lowest BCUT2D eigenvalue weighted by Crippen LogP contribution is -2.53. The molecule has 1 aromatic carbocycles. The standard InChI is InChI=1S/C23H33N3O3/c27-21-9-7-20(8-10-21)24-12-14-25(15-13-24)23(29)19-6-11-22(28)26(17-19)16-18-4-2-1-3-5-18/h7-10,18-19,27H,1-6,11-17H2. The summed E-state index contributed by atoms with van der Waals surface area (Å²) in [6, 6.07) is 7.24. The van der Waals surface area contributed by atoms with E-state index in [0.717, 1.165) is 25.3 Å². The monoisotopic (exact) mass is 399 g/mol. The third-order valence-electron chi connectivity index (χ3n) is 6.86. The molecule has 29 heavy (non-hydrogen) atoms. The van der Waals surface area contributed by atoms with Crippen molar-refractivity contribution in [3.63, 3.8) is 0 Å². The zero-order chi connectivity index (χ0) is 20.2. The van der Waals surface area contributed by atoms with Gasteiger partial charge in [-0.3, -0.25) is 9.59 Å². The van der Waals surface area contributed by atoms with E-state index >= 15 is 0 Å². The molecule has 4 rings (SSSR count). The molecule has 0 bridgehead atoms. The average molecular weight is 400 g/mol. The van der Waals surface area contributed by atoms with Gasteiger partial charge < -0.3 is 19.8 Å². The van der Waals surface area contributed by atoms with E-state index < -0.39 is 0 Å². The van der Waals surface area contributed by atoms with Crippen LogP contribution in [0, 0.1) is 11.8 Å². The summed E-state index contributed by atoms with van der Waals surface area (Å²) in [6.07, 6.45) is 7.53. The number of hydrogen-bond donors (Lipinski definition) is 1. The minimum Gasteiger partial charge on any atom is -0.508 e. The van der Waals surface area contributed by atoms with Gasteiger partial charge >= 0.3 is 0 Å². The third-order valence-corrected chi connectivity index (χ3v) is 6.86. The first-order valence-electron chi connectivity index (χ1n) is 11.2. The summed E-state index contributed by atoms with van der Waals surface area (Å²) in [6.45, 7) is 4.48. The summed E-state index contributed by atoms with van der Waals surface area (Å²) in [7, 11) is 0. The molecule has 3 fully saturated rings. The average Bonchev–Trinajstić information content (AvgIpc) is 2.76. The fourth-order valence-corrected chi connectivity index (χ4v) is 5.08. The molecule has 2 aliphatic heterocycles. The Morgan fingerprint density at radius 1 is 0.966 bits per heavy atom. The van der Waals surface area contributed by atoms with E-state index in [4.69, 9.17) is 0 Å². The highest BCUT2D eigenvalue weighted by Gasteiger charge is 2.34. The number of carbonyl (C=O) groups is 2. The fourth-order valence-electron chi connectivity index (χ4n) is 5.08. The Balaban J connectivity index is 1.29. The predicted molar refractivity (Wildman–Crippen MR) is 113 cm³/mol. The Morgan fingerprint density at radius 2 is 1.66 bits per heavy atom. The number of phenolic OH excluding ortho intramolecular Hbond substituents is 1. The van der Waals surface area contributed by atoms with Crippen LogP contribution in [0.3, 0.4) is 0 Å². The summed E-state index contributed by atoms with van der Waals surface area (Å²) < 4.78 is 0. The number of piperazine rings is 1. The highest BCUT2D eigenvalue weighted by Crippen LogP contribution is 2.28. The van der Waals surface area contributed by atoms with Crippen LogP contribution < -0.4 is 4.90 Å². The number of nitrogens with zero attached hydrogens (tertiary/aromatic N) is 3. The lowest BCUT2D eigenvalue weighted by atomic mass is 9.87.